The van der Waals surface area contributed by atoms with Crippen LogP contribution in [0.4, 0.5) is 10.5 Å². The van der Waals surface area contributed by atoms with Crippen LogP contribution in [0.1, 0.15) is 6.92 Å². The lowest BCUT2D eigenvalue weighted by Crippen LogP contribution is -2.43. The van der Waals surface area contributed by atoms with Crippen molar-refractivity contribution >= 4 is 24.1 Å². The molecule has 2 heterocycles. The van der Waals surface area contributed by atoms with Crippen LogP contribution in [-0.2, 0) is 6.67 Å². The number of para-hydroxylation sites is 1. The Bertz CT molecular complexity index is 953. The molecule has 0 fully saturated rings. The molecule has 0 saturated carbocycles. The Hall–Kier alpha value is -2.99. The van der Waals surface area contributed by atoms with E-state index in [4.69, 9.17) is 4.74 Å². The van der Waals surface area contributed by atoms with Crippen LogP contribution in [0.2, 0.25) is 0 Å². The zero-order valence-electron chi connectivity index (χ0n) is 15.2. The Morgan fingerprint density at radius 1 is 1.19 bits per heavy atom. The van der Waals surface area contributed by atoms with Gasteiger partial charge in [-0.3, -0.25) is 4.90 Å². The van der Waals surface area contributed by atoms with Gasteiger partial charge >= 0.3 is 6.03 Å². The molecule has 2 aromatic carbocycles. The highest BCUT2D eigenvalue weighted by molar-refractivity contribution is 5.97. The van der Waals surface area contributed by atoms with Crippen molar-refractivity contribution < 1.29 is 9.53 Å². The van der Waals surface area contributed by atoms with E-state index in [9.17, 15) is 4.79 Å². The van der Waals surface area contributed by atoms with E-state index < -0.39 is 0 Å². The number of anilines is 1. The van der Waals surface area contributed by atoms with Crippen LogP contribution in [0, 0.1) is 0 Å². The van der Waals surface area contributed by atoms with Crippen molar-refractivity contribution in [2.24, 2.45) is 0 Å². The molecule has 140 valence electrons. The van der Waals surface area contributed by atoms with Gasteiger partial charge in [0.05, 0.1) is 24.7 Å². The molecule has 0 aliphatic carbocycles. The van der Waals surface area contributed by atoms with Gasteiger partial charge in [-0.25, -0.2) is 9.78 Å². The summed E-state index contributed by atoms with van der Waals surface area (Å²) in [4.78, 5) is 19.0. The van der Waals surface area contributed by atoms with Crippen molar-refractivity contribution in [1.82, 2.24) is 14.9 Å². The highest BCUT2D eigenvalue weighted by atomic mass is 35.5. The first-order valence-corrected chi connectivity index (χ1v) is 8.57. The van der Waals surface area contributed by atoms with E-state index in [0.29, 0.717) is 13.2 Å². The highest BCUT2D eigenvalue weighted by Gasteiger charge is 2.28. The molecule has 0 saturated heterocycles. The number of imidazole rings is 1. The number of methoxy groups -OCH3 is 1. The van der Waals surface area contributed by atoms with Gasteiger partial charge in [0.15, 0.2) is 0 Å². The summed E-state index contributed by atoms with van der Waals surface area (Å²) in [6.45, 7) is 2.92. The Kier molecular flexibility index (Phi) is 5.37. The van der Waals surface area contributed by atoms with Crippen molar-refractivity contribution in [2.45, 2.75) is 13.6 Å². The summed E-state index contributed by atoms with van der Waals surface area (Å²) in [7, 11) is 1.65. The third-order valence-electron chi connectivity index (χ3n) is 4.53. The second-order valence-electron chi connectivity index (χ2n) is 6.05. The molecule has 4 rings (SSSR count). The second-order valence-corrected chi connectivity index (χ2v) is 6.05. The maximum atomic E-state index is 12.6. The smallest absolute Gasteiger partial charge is 0.323 e. The average molecular weight is 385 g/mol. The Morgan fingerprint density at radius 3 is 2.63 bits per heavy atom. The maximum absolute atomic E-state index is 12.6. The summed E-state index contributed by atoms with van der Waals surface area (Å²) in [5, 5.41) is 2.89. The normalized spacial score (nSPS) is 11.9. The second kappa shape index (κ2) is 7.72. The molecule has 1 aromatic heterocycles. The maximum Gasteiger partial charge on any atom is 0.323 e. The molecule has 7 heteroatoms. The molecular weight excluding hydrogens is 364 g/mol. The van der Waals surface area contributed by atoms with Gasteiger partial charge in [-0.15, -0.1) is 12.4 Å². The van der Waals surface area contributed by atoms with E-state index in [-0.39, 0.29) is 18.4 Å². The van der Waals surface area contributed by atoms with Crippen LogP contribution in [-0.4, -0.2) is 29.2 Å². The molecule has 0 atom stereocenters. The summed E-state index contributed by atoms with van der Waals surface area (Å²) < 4.78 is 7.30. The van der Waals surface area contributed by atoms with Crippen molar-refractivity contribution in [3.05, 3.63) is 54.7 Å². The van der Waals surface area contributed by atoms with E-state index in [1.807, 2.05) is 61.7 Å². The molecule has 6 nitrogen and oxygen atoms in total. The summed E-state index contributed by atoms with van der Waals surface area (Å²) in [5.41, 5.74) is 3.88. The minimum absolute atomic E-state index is 0. The number of halogens is 1. The lowest BCUT2D eigenvalue weighted by Gasteiger charge is -2.31. The quantitative estimate of drug-likeness (QED) is 0.737. The number of ether oxygens (including phenoxy) is 1. The summed E-state index contributed by atoms with van der Waals surface area (Å²) in [6.07, 6.45) is 1.87. The Labute approximate surface area is 164 Å². The van der Waals surface area contributed by atoms with Crippen molar-refractivity contribution in [3.8, 4) is 28.4 Å². The molecule has 0 unspecified atom stereocenters. The summed E-state index contributed by atoms with van der Waals surface area (Å²) in [5.74, 6) is 1.62. The minimum atomic E-state index is -0.111. The molecule has 1 N–H and O–H groups in total. The number of nitrogens with one attached hydrogen (secondary N) is 1. The minimum Gasteiger partial charge on any atom is -0.497 e. The fraction of sp³-hybridized carbons (Fsp3) is 0.200. The Balaban J connectivity index is 0.00000210. The lowest BCUT2D eigenvalue weighted by molar-refractivity contribution is 0.245. The van der Waals surface area contributed by atoms with Crippen molar-refractivity contribution in [2.75, 3.05) is 18.6 Å². The van der Waals surface area contributed by atoms with Crippen LogP contribution in [0.25, 0.3) is 22.6 Å². The van der Waals surface area contributed by atoms with Crippen LogP contribution in [0.15, 0.2) is 54.7 Å². The number of aromatic nitrogens is 2. The third-order valence-corrected chi connectivity index (χ3v) is 4.53. The molecule has 0 radical (unpaired) electrons. The number of hydrogen-bond donors (Lipinski definition) is 1. The molecule has 27 heavy (non-hydrogen) atoms. The molecule has 1 aliphatic heterocycles. The van der Waals surface area contributed by atoms with Gasteiger partial charge in [-0.05, 0) is 37.3 Å². The number of amides is 2. The van der Waals surface area contributed by atoms with Gasteiger partial charge in [0.2, 0.25) is 0 Å². The lowest BCUT2D eigenvalue weighted by atomic mass is 10.1. The molecule has 3 aromatic rings. The SMILES string of the molecule is CCNC(=O)N1Cn2c(cnc2-c2ccc(OC)cc2)-c2ccccc21.Cl. The van der Waals surface area contributed by atoms with E-state index in [0.717, 1.165) is 34.1 Å². The fourth-order valence-corrected chi connectivity index (χ4v) is 3.27. The zero-order valence-corrected chi connectivity index (χ0v) is 16.0. The zero-order chi connectivity index (χ0) is 18.1. The van der Waals surface area contributed by atoms with E-state index in [1.54, 1.807) is 12.0 Å². The molecular formula is C20H21ClN4O2. The van der Waals surface area contributed by atoms with E-state index in [1.165, 1.54) is 0 Å². The van der Waals surface area contributed by atoms with Gasteiger partial charge in [0.25, 0.3) is 0 Å². The number of rotatable bonds is 3. The van der Waals surface area contributed by atoms with Gasteiger partial charge in [0, 0.05) is 17.7 Å². The van der Waals surface area contributed by atoms with Crippen molar-refractivity contribution in [3.63, 3.8) is 0 Å². The Morgan fingerprint density at radius 2 is 1.93 bits per heavy atom. The average Bonchev–Trinajstić information content (AvgIpc) is 3.12. The number of nitrogens with zero attached hydrogens (tertiary/aromatic N) is 3. The molecule has 2 amide bonds. The molecule has 0 bridgehead atoms. The first-order valence-electron chi connectivity index (χ1n) is 8.57. The highest BCUT2D eigenvalue weighted by Crippen LogP contribution is 2.38. The van der Waals surface area contributed by atoms with Gasteiger partial charge < -0.3 is 14.6 Å². The number of fused-ring (bicyclic) bond motifs is 3. The van der Waals surface area contributed by atoms with Gasteiger partial charge in [-0.1, -0.05) is 18.2 Å². The van der Waals surface area contributed by atoms with E-state index >= 15 is 0 Å². The number of benzene rings is 2. The fourth-order valence-electron chi connectivity index (χ4n) is 3.27. The van der Waals surface area contributed by atoms with Gasteiger partial charge in [-0.2, -0.15) is 0 Å². The van der Waals surface area contributed by atoms with Gasteiger partial charge in [0.1, 0.15) is 18.2 Å². The van der Waals surface area contributed by atoms with Crippen molar-refractivity contribution in [1.29, 1.82) is 0 Å². The number of carbonyl (C=O) groups is 1. The predicted molar refractivity (Wildman–Crippen MR) is 108 cm³/mol. The summed E-state index contributed by atoms with van der Waals surface area (Å²) in [6, 6.07) is 15.6. The number of carbonyl (C=O) groups excluding carboxylic acids is 1. The third kappa shape index (κ3) is 3.24. The first kappa shape index (κ1) is 18.8. The molecule has 0 spiro atoms. The van der Waals surface area contributed by atoms with Crippen LogP contribution in [0.5, 0.6) is 5.75 Å². The number of urea groups is 1. The largest absolute Gasteiger partial charge is 0.497 e. The monoisotopic (exact) mass is 384 g/mol. The topological polar surface area (TPSA) is 59.4 Å². The van der Waals surface area contributed by atoms with E-state index in [2.05, 4.69) is 14.9 Å². The standard InChI is InChI=1S/C20H20N4O2.ClH/c1-3-21-20(25)24-13-23-18(16-6-4-5-7-17(16)24)12-22-19(23)14-8-10-15(26-2)11-9-14;/h4-12H,3,13H2,1-2H3,(H,21,25);1H. The van der Waals surface area contributed by atoms with Crippen LogP contribution >= 0.6 is 12.4 Å². The number of hydrogen-bond acceptors (Lipinski definition) is 3. The first-order chi connectivity index (χ1) is 12.7. The van der Waals surface area contributed by atoms with Crippen LogP contribution < -0.4 is 15.0 Å². The van der Waals surface area contributed by atoms with Crippen LogP contribution in [0.3, 0.4) is 0 Å². The molecule has 1 aliphatic rings. The predicted octanol–water partition coefficient (Wildman–Crippen LogP) is 4.15. The summed E-state index contributed by atoms with van der Waals surface area (Å²) >= 11 is 0.